The Kier molecular flexibility index (Phi) is 8.57. The van der Waals surface area contributed by atoms with Gasteiger partial charge in [-0.1, -0.05) is 0 Å². The largest absolute Gasteiger partial charge is 0.480 e. The molecule has 0 aromatic rings. The summed E-state index contributed by atoms with van der Waals surface area (Å²) in [6.07, 6.45) is -0.310. The van der Waals surface area contributed by atoms with Crippen molar-refractivity contribution in [3.63, 3.8) is 0 Å². The Labute approximate surface area is 92.3 Å². The molecule has 1 amide bonds. The fraction of sp³-hybridized carbons (Fsp3) is 0.667. The second-order valence-corrected chi connectivity index (χ2v) is 4.26. The van der Waals surface area contributed by atoms with Gasteiger partial charge in [-0.05, 0) is 0 Å². The highest BCUT2D eigenvalue weighted by molar-refractivity contribution is 7.85. The molecule has 0 saturated heterocycles. The minimum Gasteiger partial charge on any atom is -0.480 e. The first kappa shape index (κ1) is 17.2. The molecular weight excluding hydrogens is 242 g/mol. The van der Waals surface area contributed by atoms with Crippen molar-refractivity contribution in [2.75, 3.05) is 12.3 Å². The molecule has 0 aliphatic rings. The summed E-state index contributed by atoms with van der Waals surface area (Å²) in [7, 11) is -3.80. The summed E-state index contributed by atoms with van der Waals surface area (Å²) in [6, 6.07) is -1.16. The van der Waals surface area contributed by atoms with E-state index in [0.717, 1.165) is 0 Å². The highest BCUT2D eigenvalue weighted by atomic mass is 32.2. The summed E-state index contributed by atoms with van der Waals surface area (Å²) in [4.78, 5) is 19.9. The van der Waals surface area contributed by atoms with Crippen molar-refractivity contribution in [3.05, 3.63) is 0 Å². The first-order valence-electron chi connectivity index (χ1n) is 4.02. The van der Waals surface area contributed by atoms with Crippen LogP contribution in [0.1, 0.15) is 6.42 Å². The Bertz CT molecular complexity index is 327. The molecule has 0 aliphatic heterocycles. The van der Waals surface area contributed by atoms with Gasteiger partial charge in [0.15, 0.2) is 0 Å². The lowest BCUT2D eigenvalue weighted by Crippen LogP contribution is -2.34. The molecule has 10 heteroatoms. The van der Waals surface area contributed by atoms with Gasteiger partial charge < -0.3 is 22.3 Å². The number of amides is 1. The van der Waals surface area contributed by atoms with E-state index in [1.54, 1.807) is 0 Å². The van der Waals surface area contributed by atoms with Gasteiger partial charge in [-0.25, -0.2) is 0 Å². The molecule has 0 radical (unpaired) electrons. The van der Waals surface area contributed by atoms with Crippen molar-refractivity contribution in [1.82, 2.24) is 0 Å². The average molecular weight is 257 g/mol. The number of hydrogen-bond donors (Lipinski definition) is 5. The van der Waals surface area contributed by atoms with Crippen LogP contribution in [0.2, 0.25) is 0 Å². The second-order valence-electron chi connectivity index (χ2n) is 2.69. The van der Waals surface area contributed by atoms with E-state index in [4.69, 9.17) is 21.1 Å². The molecule has 0 unspecified atom stereocenters. The zero-order valence-corrected chi connectivity index (χ0v) is 9.18. The van der Waals surface area contributed by atoms with Crippen LogP contribution >= 0.6 is 0 Å². The van der Waals surface area contributed by atoms with Gasteiger partial charge in [0.25, 0.3) is 10.1 Å². The Morgan fingerprint density at radius 3 is 1.81 bits per heavy atom. The van der Waals surface area contributed by atoms with Gasteiger partial charge in [-0.2, -0.15) is 8.42 Å². The summed E-state index contributed by atoms with van der Waals surface area (Å²) in [5, 5.41) is 8.10. The zero-order valence-electron chi connectivity index (χ0n) is 8.37. The maximum absolute atomic E-state index is 9.99. The number of carboxylic acid groups (broad SMARTS) is 1. The van der Waals surface area contributed by atoms with Crippen LogP contribution in [0.25, 0.3) is 0 Å². The van der Waals surface area contributed by atoms with E-state index < -0.39 is 28.0 Å². The molecule has 9 nitrogen and oxygen atoms in total. The number of aliphatic carboxylic acids is 1. The van der Waals surface area contributed by atoms with Gasteiger partial charge in [0.2, 0.25) is 5.91 Å². The molecule has 0 saturated carbocycles. The Balaban J connectivity index is 0. The third-order valence-corrected chi connectivity index (χ3v) is 1.87. The molecule has 0 aromatic carbocycles. The molecule has 0 heterocycles. The van der Waals surface area contributed by atoms with Gasteiger partial charge in [-0.3, -0.25) is 14.1 Å². The van der Waals surface area contributed by atoms with Crippen LogP contribution in [0, 0.1) is 0 Å². The number of carboxylic acids is 1. The monoisotopic (exact) mass is 257 g/mol. The Morgan fingerprint density at radius 2 is 1.75 bits per heavy atom. The molecule has 0 spiro atoms. The normalized spacial score (nSPS) is 12.2. The number of carbonyl (C=O) groups is 2. The van der Waals surface area contributed by atoms with E-state index >= 15 is 0 Å². The van der Waals surface area contributed by atoms with Crippen molar-refractivity contribution >= 4 is 22.0 Å². The highest BCUT2D eigenvalue weighted by Crippen LogP contribution is 1.84. The number of carbonyl (C=O) groups excluding carboxylic acids is 1. The Hall–Kier alpha value is -1.23. The molecule has 0 fully saturated rings. The lowest BCUT2D eigenvalue weighted by Gasteiger charge is -1.99. The minimum atomic E-state index is -3.80. The van der Waals surface area contributed by atoms with Crippen molar-refractivity contribution in [2.24, 2.45) is 17.2 Å². The Morgan fingerprint density at radius 1 is 1.31 bits per heavy atom. The maximum atomic E-state index is 9.99. The molecule has 0 aromatic heterocycles. The van der Waals surface area contributed by atoms with E-state index in [1.807, 2.05) is 0 Å². The molecule has 0 bridgehead atoms. The SMILES string of the molecule is NC(=O)C[C@H](N)C(=O)O.NCCS(=O)(=O)O. The summed E-state index contributed by atoms with van der Waals surface area (Å²) >= 11 is 0. The van der Waals surface area contributed by atoms with Gasteiger partial charge in [-0.15, -0.1) is 0 Å². The van der Waals surface area contributed by atoms with Gasteiger partial charge in [0.05, 0.1) is 12.2 Å². The molecule has 96 valence electrons. The van der Waals surface area contributed by atoms with Crippen molar-refractivity contribution < 1.29 is 27.7 Å². The first-order valence-corrected chi connectivity index (χ1v) is 5.63. The van der Waals surface area contributed by atoms with Crippen LogP contribution in [-0.2, 0) is 19.7 Å². The quantitative estimate of drug-likeness (QED) is 0.324. The van der Waals surface area contributed by atoms with Crippen LogP contribution in [0.15, 0.2) is 0 Å². The molecule has 0 aliphatic carbocycles. The van der Waals surface area contributed by atoms with E-state index in [9.17, 15) is 18.0 Å². The van der Waals surface area contributed by atoms with E-state index in [0.29, 0.717) is 0 Å². The van der Waals surface area contributed by atoms with Crippen LogP contribution in [0.5, 0.6) is 0 Å². The predicted octanol–water partition coefficient (Wildman–Crippen LogP) is -2.89. The van der Waals surface area contributed by atoms with Crippen LogP contribution in [0.4, 0.5) is 0 Å². The number of hydrogen-bond acceptors (Lipinski definition) is 6. The van der Waals surface area contributed by atoms with Crippen LogP contribution in [-0.4, -0.2) is 48.3 Å². The topological polar surface area (TPSA) is 187 Å². The van der Waals surface area contributed by atoms with Crippen molar-refractivity contribution in [3.8, 4) is 0 Å². The summed E-state index contributed by atoms with van der Waals surface area (Å²) in [6.45, 7) is -0.0289. The van der Waals surface area contributed by atoms with E-state index in [1.165, 1.54) is 0 Å². The lowest BCUT2D eigenvalue weighted by molar-refractivity contribution is -0.140. The summed E-state index contributed by atoms with van der Waals surface area (Å²) in [5.74, 6) is -2.27. The lowest BCUT2D eigenvalue weighted by atomic mass is 10.2. The third kappa shape index (κ3) is 15.3. The standard InChI is InChI=1S/C4H8N2O3.C2H7NO3S/c5-2(4(8)9)1-3(6)7;3-1-2-7(4,5)6/h2H,1,5H2,(H2,6,7)(H,8,9);1-3H2,(H,4,5,6)/t2-;/m0./s1. The van der Waals surface area contributed by atoms with E-state index in [-0.39, 0.29) is 18.7 Å². The van der Waals surface area contributed by atoms with Gasteiger partial charge in [0.1, 0.15) is 6.04 Å². The van der Waals surface area contributed by atoms with Crippen molar-refractivity contribution in [1.29, 1.82) is 0 Å². The average Bonchev–Trinajstić information content (AvgIpc) is 2.01. The van der Waals surface area contributed by atoms with Gasteiger partial charge >= 0.3 is 5.97 Å². The fourth-order valence-corrected chi connectivity index (χ4v) is 0.751. The van der Waals surface area contributed by atoms with Crippen LogP contribution in [0.3, 0.4) is 0 Å². The van der Waals surface area contributed by atoms with Crippen molar-refractivity contribution in [2.45, 2.75) is 12.5 Å². The summed E-state index contributed by atoms with van der Waals surface area (Å²) < 4.78 is 27.3. The minimum absolute atomic E-state index is 0.0289. The zero-order chi connectivity index (χ0) is 13.4. The second kappa shape index (κ2) is 7.98. The molecule has 1 atom stereocenters. The predicted molar refractivity (Wildman–Crippen MR) is 54.9 cm³/mol. The molecule has 16 heavy (non-hydrogen) atoms. The molecule has 8 N–H and O–H groups in total. The smallest absolute Gasteiger partial charge is 0.321 e. The summed E-state index contributed by atoms with van der Waals surface area (Å²) in [5.41, 5.74) is 14.3. The third-order valence-electron chi connectivity index (χ3n) is 1.11. The van der Waals surface area contributed by atoms with E-state index in [2.05, 4.69) is 5.73 Å². The highest BCUT2D eigenvalue weighted by Gasteiger charge is 2.13. The number of nitrogens with two attached hydrogens (primary N) is 3. The first-order chi connectivity index (χ1) is 7.10. The number of rotatable bonds is 5. The number of primary amides is 1. The molecular formula is C6H15N3O6S. The molecule has 0 rings (SSSR count). The maximum Gasteiger partial charge on any atom is 0.321 e. The van der Waals surface area contributed by atoms with Crippen LogP contribution < -0.4 is 17.2 Å². The van der Waals surface area contributed by atoms with Gasteiger partial charge in [0, 0.05) is 6.54 Å². The fourth-order valence-electron chi connectivity index (χ4n) is 0.453.